The van der Waals surface area contributed by atoms with Crippen LogP contribution in [-0.2, 0) is 4.74 Å². The number of aryl methyl sites for hydroxylation is 1. The number of aromatic nitrogens is 2. The number of anilines is 1. The average Bonchev–Trinajstić information content (AvgIpc) is 2.67. The van der Waals surface area contributed by atoms with Crippen molar-refractivity contribution in [2.45, 2.75) is 25.9 Å². The van der Waals surface area contributed by atoms with Crippen LogP contribution in [0.25, 0.3) is 11.0 Å². The van der Waals surface area contributed by atoms with Crippen molar-refractivity contribution in [3.8, 4) is 0 Å². The Kier molecular flexibility index (Phi) is 4.61. The Labute approximate surface area is 148 Å². The molecular weight excluding hydrogens is 310 g/mol. The number of ether oxygens (including phenoxy) is 1. The summed E-state index contributed by atoms with van der Waals surface area (Å²) in [4.78, 5) is 9.40. The average molecular weight is 333 g/mol. The molecule has 25 heavy (non-hydrogen) atoms. The highest BCUT2D eigenvalue weighted by Gasteiger charge is 2.27. The second-order valence-corrected chi connectivity index (χ2v) is 6.63. The monoisotopic (exact) mass is 333 g/mol. The first-order valence-electron chi connectivity index (χ1n) is 8.95. The highest BCUT2D eigenvalue weighted by atomic mass is 16.5. The van der Waals surface area contributed by atoms with Crippen LogP contribution in [0.15, 0.2) is 54.6 Å². The van der Waals surface area contributed by atoms with Gasteiger partial charge in [-0.25, -0.2) is 9.97 Å². The maximum Gasteiger partial charge on any atom is 0.148 e. The van der Waals surface area contributed by atoms with Gasteiger partial charge in [-0.2, -0.15) is 0 Å². The summed E-state index contributed by atoms with van der Waals surface area (Å²) in [5, 5.41) is 3.52. The minimum atomic E-state index is 0.149. The van der Waals surface area contributed by atoms with Gasteiger partial charge in [-0.15, -0.1) is 0 Å². The summed E-state index contributed by atoms with van der Waals surface area (Å²) >= 11 is 0. The standard InChI is InChI=1S/C21H23N3O/c1-15-21(24-19-12-6-5-11-18(19)23-15)22-14-17-10-7-13-25-20(17)16-8-3-2-4-9-16/h2-6,8-9,11-12,17,20H,7,10,13-14H2,1H3,(H,22,24)/t17-,20-/m0/s1. The first-order chi connectivity index (χ1) is 12.3. The topological polar surface area (TPSA) is 47.0 Å². The van der Waals surface area contributed by atoms with Gasteiger partial charge in [0.15, 0.2) is 0 Å². The summed E-state index contributed by atoms with van der Waals surface area (Å²) in [6, 6.07) is 18.5. The minimum Gasteiger partial charge on any atom is -0.373 e. The van der Waals surface area contributed by atoms with Crippen molar-refractivity contribution in [1.82, 2.24) is 9.97 Å². The first kappa shape index (κ1) is 16.0. The van der Waals surface area contributed by atoms with Crippen LogP contribution in [0.2, 0.25) is 0 Å². The van der Waals surface area contributed by atoms with Crippen LogP contribution in [0, 0.1) is 12.8 Å². The highest BCUT2D eigenvalue weighted by molar-refractivity contribution is 5.76. The third-order valence-electron chi connectivity index (χ3n) is 4.85. The van der Waals surface area contributed by atoms with E-state index < -0.39 is 0 Å². The quantitative estimate of drug-likeness (QED) is 0.762. The fourth-order valence-corrected chi connectivity index (χ4v) is 3.55. The summed E-state index contributed by atoms with van der Waals surface area (Å²) in [6.45, 7) is 3.69. The van der Waals surface area contributed by atoms with E-state index >= 15 is 0 Å². The Balaban J connectivity index is 1.52. The largest absolute Gasteiger partial charge is 0.373 e. The molecule has 2 atom stereocenters. The lowest BCUT2D eigenvalue weighted by atomic mass is 9.89. The van der Waals surface area contributed by atoms with Gasteiger partial charge in [-0.05, 0) is 37.5 Å². The van der Waals surface area contributed by atoms with Gasteiger partial charge in [0.05, 0.1) is 22.8 Å². The molecule has 1 aromatic heterocycles. The zero-order chi connectivity index (χ0) is 17.1. The van der Waals surface area contributed by atoms with E-state index in [0.29, 0.717) is 5.92 Å². The molecule has 0 aliphatic carbocycles. The van der Waals surface area contributed by atoms with E-state index in [4.69, 9.17) is 9.72 Å². The molecule has 0 bridgehead atoms. The van der Waals surface area contributed by atoms with Gasteiger partial charge in [0, 0.05) is 19.1 Å². The molecule has 0 radical (unpaired) electrons. The highest BCUT2D eigenvalue weighted by Crippen LogP contribution is 2.33. The third-order valence-corrected chi connectivity index (χ3v) is 4.85. The number of hydrogen-bond donors (Lipinski definition) is 1. The minimum absolute atomic E-state index is 0.149. The van der Waals surface area contributed by atoms with Gasteiger partial charge >= 0.3 is 0 Å². The molecule has 1 aliphatic heterocycles. The van der Waals surface area contributed by atoms with Crippen molar-refractivity contribution in [2.24, 2.45) is 5.92 Å². The normalized spacial score (nSPS) is 20.5. The second-order valence-electron chi connectivity index (χ2n) is 6.63. The van der Waals surface area contributed by atoms with Crippen LogP contribution in [0.1, 0.15) is 30.2 Å². The molecule has 1 saturated heterocycles. The molecule has 0 spiro atoms. The number of rotatable bonds is 4. The maximum absolute atomic E-state index is 6.09. The van der Waals surface area contributed by atoms with Crippen LogP contribution in [0.3, 0.4) is 0 Å². The van der Waals surface area contributed by atoms with Gasteiger partial charge < -0.3 is 10.1 Å². The smallest absolute Gasteiger partial charge is 0.148 e. The molecule has 4 heteroatoms. The van der Waals surface area contributed by atoms with E-state index in [2.05, 4.69) is 34.6 Å². The fourth-order valence-electron chi connectivity index (χ4n) is 3.55. The molecule has 2 heterocycles. The second kappa shape index (κ2) is 7.19. The molecule has 3 aromatic rings. The fraction of sp³-hybridized carbons (Fsp3) is 0.333. The lowest BCUT2D eigenvalue weighted by molar-refractivity contribution is -0.0238. The van der Waals surface area contributed by atoms with Crippen LogP contribution < -0.4 is 5.32 Å². The van der Waals surface area contributed by atoms with Crippen molar-refractivity contribution in [2.75, 3.05) is 18.5 Å². The van der Waals surface area contributed by atoms with E-state index in [9.17, 15) is 0 Å². The zero-order valence-corrected chi connectivity index (χ0v) is 14.5. The van der Waals surface area contributed by atoms with Crippen LogP contribution in [-0.4, -0.2) is 23.1 Å². The lowest BCUT2D eigenvalue weighted by Crippen LogP contribution is -2.28. The Morgan fingerprint density at radius 1 is 1.00 bits per heavy atom. The van der Waals surface area contributed by atoms with E-state index in [0.717, 1.165) is 48.5 Å². The number of hydrogen-bond acceptors (Lipinski definition) is 4. The van der Waals surface area contributed by atoms with Gasteiger partial charge in [-0.3, -0.25) is 0 Å². The van der Waals surface area contributed by atoms with Crippen molar-refractivity contribution in [3.05, 3.63) is 65.9 Å². The van der Waals surface area contributed by atoms with Crippen molar-refractivity contribution >= 4 is 16.9 Å². The molecule has 0 unspecified atom stereocenters. The summed E-state index contributed by atoms with van der Waals surface area (Å²) in [6.07, 6.45) is 2.42. The molecular formula is C21H23N3O. The SMILES string of the molecule is Cc1nc2ccccc2nc1NC[C@@H]1CCCO[C@H]1c1ccccc1. The Morgan fingerprint density at radius 3 is 2.52 bits per heavy atom. The number of para-hydroxylation sites is 2. The summed E-state index contributed by atoms with van der Waals surface area (Å²) in [7, 11) is 0. The van der Waals surface area contributed by atoms with Crippen LogP contribution in [0.4, 0.5) is 5.82 Å². The maximum atomic E-state index is 6.09. The summed E-state index contributed by atoms with van der Waals surface area (Å²) in [5.74, 6) is 1.31. The van der Waals surface area contributed by atoms with Crippen molar-refractivity contribution in [1.29, 1.82) is 0 Å². The molecule has 4 nitrogen and oxygen atoms in total. The number of nitrogens with one attached hydrogen (secondary N) is 1. The zero-order valence-electron chi connectivity index (χ0n) is 14.5. The predicted molar refractivity (Wildman–Crippen MR) is 101 cm³/mol. The third kappa shape index (κ3) is 3.49. The van der Waals surface area contributed by atoms with Gasteiger partial charge in [0.25, 0.3) is 0 Å². The molecule has 2 aromatic carbocycles. The van der Waals surface area contributed by atoms with Crippen LogP contribution >= 0.6 is 0 Å². The molecule has 0 amide bonds. The number of benzene rings is 2. The molecule has 1 aliphatic rings. The van der Waals surface area contributed by atoms with E-state index in [1.165, 1.54) is 5.56 Å². The predicted octanol–water partition coefficient (Wildman–Crippen LogP) is 4.52. The van der Waals surface area contributed by atoms with Gasteiger partial charge in [0.2, 0.25) is 0 Å². The molecule has 0 saturated carbocycles. The Bertz CT molecular complexity index is 850. The first-order valence-corrected chi connectivity index (χ1v) is 8.95. The molecule has 128 valence electrons. The van der Waals surface area contributed by atoms with Crippen molar-refractivity contribution in [3.63, 3.8) is 0 Å². The van der Waals surface area contributed by atoms with E-state index in [-0.39, 0.29) is 6.10 Å². The summed E-state index contributed by atoms with van der Waals surface area (Å²) < 4.78 is 6.09. The van der Waals surface area contributed by atoms with Gasteiger partial charge in [-0.1, -0.05) is 42.5 Å². The molecule has 4 rings (SSSR count). The summed E-state index contributed by atoms with van der Waals surface area (Å²) in [5.41, 5.74) is 4.06. The Hall–Kier alpha value is -2.46. The lowest BCUT2D eigenvalue weighted by Gasteiger charge is -2.32. The number of fused-ring (bicyclic) bond motifs is 1. The van der Waals surface area contributed by atoms with E-state index in [1.54, 1.807) is 0 Å². The number of nitrogens with zero attached hydrogens (tertiary/aromatic N) is 2. The van der Waals surface area contributed by atoms with E-state index in [1.807, 2.05) is 37.3 Å². The van der Waals surface area contributed by atoms with Crippen molar-refractivity contribution < 1.29 is 4.74 Å². The Morgan fingerprint density at radius 2 is 1.72 bits per heavy atom. The van der Waals surface area contributed by atoms with Crippen LogP contribution in [0.5, 0.6) is 0 Å². The van der Waals surface area contributed by atoms with Gasteiger partial charge in [0.1, 0.15) is 5.82 Å². The molecule has 1 N–H and O–H groups in total. The molecule has 1 fully saturated rings.